The van der Waals surface area contributed by atoms with Gasteiger partial charge in [0.05, 0.1) is 18.8 Å². The molecule has 3 heterocycles. The van der Waals surface area contributed by atoms with Gasteiger partial charge in [-0.1, -0.05) is 6.92 Å². The number of carbonyl (C=O) groups excluding carboxylic acids is 1. The van der Waals surface area contributed by atoms with E-state index in [1.54, 1.807) is 0 Å². The van der Waals surface area contributed by atoms with Gasteiger partial charge in [-0.05, 0) is 13.6 Å². The van der Waals surface area contributed by atoms with Gasteiger partial charge in [0, 0.05) is 19.5 Å². The van der Waals surface area contributed by atoms with Gasteiger partial charge in [-0.2, -0.15) is 0 Å². The summed E-state index contributed by atoms with van der Waals surface area (Å²) in [6.45, 7) is 5.11. The molecule has 0 aromatic carbocycles. The molecule has 0 spiro atoms. The van der Waals surface area contributed by atoms with Gasteiger partial charge < -0.3 is 9.64 Å². The molecule has 4 nitrogen and oxygen atoms in total. The van der Waals surface area contributed by atoms with Crippen LogP contribution in [0.5, 0.6) is 0 Å². The Morgan fingerprint density at radius 3 is 2.57 bits per heavy atom. The number of hydrogen-bond donors (Lipinski definition) is 0. The van der Waals surface area contributed by atoms with Gasteiger partial charge in [0.15, 0.2) is 0 Å². The van der Waals surface area contributed by atoms with Gasteiger partial charge in [0.1, 0.15) is 0 Å². The summed E-state index contributed by atoms with van der Waals surface area (Å²) in [5, 5.41) is 0. The maximum Gasteiger partial charge on any atom is 0.236 e. The van der Waals surface area contributed by atoms with Crippen molar-refractivity contribution in [1.29, 1.82) is 0 Å². The van der Waals surface area contributed by atoms with Gasteiger partial charge in [-0.25, -0.2) is 0 Å². The molecule has 0 saturated carbocycles. The number of ether oxygens (including phenoxy) is 1. The monoisotopic (exact) mass is 198 g/mol. The number of carbonyl (C=O) groups is 1. The summed E-state index contributed by atoms with van der Waals surface area (Å²) in [6.07, 6.45) is 1.79. The van der Waals surface area contributed by atoms with Crippen LogP contribution in [0, 0.1) is 0 Å². The molecule has 3 fully saturated rings. The van der Waals surface area contributed by atoms with E-state index in [0.717, 1.165) is 26.1 Å². The Kier molecular flexibility index (Phi) is 2.74. The first-order valence-electron chi connectivity index (χ1n) is 5.30. The lowest BCUT2D eigenvalue weighted by molar-refractivity contribution is -0.188. The Balaban J connectivity index is 1.80. The SMILES string of the molecule is CCN(C)CC(=O)N1CC2CC(C1)O2. The molecule has 0 radical (unpaired) electrons. The Hall–Kier alpha value is -0.610. The van der Waals surface area contributed by atoms with Crippen LogP contribution in [-0.2, 0) is 9.53 Å². The van der Waals surface area contributed by atoms with Crippen molar-refractivity contribution >= 4 is 5.91 Å². The lowest BCUT2D eigenvalue weighted by Gasteiger charge is -2.47. The van der Waals surface area contributed by atoms with Crippen LogP contribution in [-0.4, -0.2) is 61.1 Å². The number of rotatable bonds is 3. The molecule has 0 N–H and O–H groups in total. The van der Waals surface area contributed by atoms with Crippen LogP contribution < -0.4 is 0 Å². The standard InChI is InChI=1S/C10H18N2O2/c1-3-11(2)7-10(13)12-5-8-4-9(6-12)14-8/h8-9H,3-7H2,1-2H3. The Morgan fingerprint density at radius 1 is 1.50 bits per heavy atom. The second-order valence-corrected chi connectivity index (χ2v) is 4.24. The quantitative estimate of drug-likeness (QED) is 0.637. The van der Waals surface area contributed by atoms with Crippen molar-refractivity contribution < 1.29 is 9.53 Å². The zero-order valence-electron chi connectivity index (χ0n) is 8.90. The molecule has 0 aromatic rings. The van der Waals surface area contributed by atoms with Crippen LogP contribution in [0.3, 0.4) is 0 Å². The van der Waals surface area contributed by atoms with E-state index in [1.807, 2.05) is 16.8 Å². The minimum atomic E-state index is 0.243. The van der Waals surface area contributed by atoms with E-state index >= 15 is 0 Å². The van der Waals surface area contributed by atoms with Crippen molar-refractivity contribution in [3.05, 3.63) is 0 Å². The number of amides is 1. The Labute approximate surface area is 84.8 Å². The number of nitrogens with zero attached hydrogens (tertiary/aromatic N) is 2. The zero-order chi connectivity index (χ0) is 10.1. The first-order valence-corrected chi connectivity index (χ1v) is 5.30. The molecule has 2 atom stereocenters. The second kappa shape index (κ2) is 3.87. The van der Waals surface area contributed by atoms with Crippen molar-refractivity contribution in [2.45, 2.75) is 25.6 Å². The predicted molar refractivity (Wildman–Crippen MR) is 53.0 cm³/mol. The van der Waals surface area contributed by atoms with E-state index < -0.39 is 0 Å². The molecule has 14 heavy (non-hydrogen) atoms. The maximum absolute atomic E-state index is 11.8. The van der Waals surface area contributed by atoms with E-state index in [0.29, 0.717) is 18.8 Å². The molecule has 3 saturated heterocycles. The number of piperidine rings is 1. The summed E-state index contributed by atoms with van der Waals surface area (Å²) in [4.78, 5) is 15.7. The lowest BCUT2D eigenvalue weighted by atomic mass is 9.99. The van der Waals surface area contributed by atoms with Crippen molar-refractivity contribution in [3.63, 3.8) is 0 Å². The first kappa shape index (κ1) is 9.93. The molecule has 0 aromatic heterocycles. The molecule has 1 amide bonds. The zero-order valence-corrected chi connectivity index (χ0v) is 8.90. The third-order valence-corrected chi connectivity index (χ3v) is 3.06. The summed E-state index contributed by atoms with van der Waals surface area (Å²) in [6, 6.07) is 0. The van der Waals surface area contributed by atoms with Gasteiger partial charge in [0.25, 0.3) is 0 Å². The summed E-state index contributed by atoms with van der Waals surface area (Å²) >= 11 is 0. The number of fused-ring (bicyclic) bond motifs is 2. The van der Waals surface area contributed by atoms with Gasteiger partial charge >= 0.3 is 0 Å². The van der Waals surface area contributed by atoms with Crippen molar-refractivity contribution in [3.8, 4) is 0 Å². The molecule has 80 valence electrons. The minimum absolute atomic E-state index is 0.243. The normalized spacial score (nSPS) is 30.4. The van der Waals surface area contributed by atoms with Gasteiger partial charge in [-0.3, -0.25) is 9.69 Å². The van der Waals surface area contributed by atoms with Crippen LogP contribution in [0.15, 0.2) is 0 Å². The molecule has 2 unspecified atom stereocenters. The number of hydrogen-bond acceptors (Lipinski definition) is 3. The van der Waals surface area contributed by atoms with E-state index in [4.69, 9.17) is 4.74 Å². The molecular weight excluding hydrogens is 180 g/mol. The highest BCUT2D eigenvalue weighted by atomic mass is 16.5. The molecule has 3 aliphatic rings. The number of morpholine rings is 1. The van der Waals surface area contributed by atoms with E-state index in [1.165, 1.54) is 0 Å². The third-order valence-electron chi connectivity index (χ3n) is 3.06. The van der Waals surface area contributed by atoms with Crippen LogP contribution in [0.4, 0.5) is 0 Å². The fourth-order valence-electron chi connectivity index (χ4n) is 2.00. The molecule has 3 rings (SSSR count). The van der Waals surface area contributed by atoms with Crippen molar-refractivity contribution in [2.24, 2.45) is 0 Å². The highest BCUT2D eigenvalue weighted by Crippen LogP contribution is 2.27. The second-order valence-electron chi connectivity index (χ2n) is 4.24. The topological polar surface area (TPSA) is 32.8 Å². The molecule has 4 heteroatoms. The van der Waals surface area contributed by atoms with Crippen molar-refractivity contribution in [1.82, 2.24) is 9.80 Å². The van der Waals surface area contributed by atoms with Crippen LogP contribution >= 0.6 is 0 Å². The average Bonchev–Trinajstić information content (AvgIpc) is 2.16. The Morgan fingerprint density at radius 2 is 2.07 bits per heavy atom. The van der Waals surface area contributed by atoms with Gasteiger partial charge in [-0.15, -0.1) is 0 Å². The smallest absolute Gasteiger partial charge is 0.236 e. The molecular formula is C10H18N2O2. The summed E-state index contributed by atoms with van der Waals surface area (Å²) in [5.41, 5.74) is 0. The summed E-state index contributed by atoms with van der Waals surface area (Å²) in [5.74, 6) is 0.243. The van der Waals surface area contributed by atoms with Crippen molar-refractivity contribution in [2.75, 3.05) is 33.2 Å². The van der Waals surface area contributed by atoms with Gasteiger partial charge in [0.2, 0.25) is 5.91 Å². The highest BCUT2D eigenvalue weighted by molar-refractivity contribution is 5.78. The predicted octanol–water partition coefficient (Wildman–Crippen LogP) is -0.0622. The molecule has 2 bridgehead atoms. The van der Waals surface area contributed by atoms with E-state index in [-0.39, 0.29) is 5.91 Å². The largest absolute Gasteiger partial charge is 0.371 e. The summed E-state index contributed by atoms with van der Waals surface area (Å²) < 4.78 is 5.48. The van der Waals surface area contributed by atoms with Crippen LogP contribution in [0.25, 0.3) is 0 Å². The minimum Gasteiger partial charge on any atom is -0.371 e. The highest BCUT2D eigenvalue weighted by Gasteiger charge is 2.39. The van der Waals surface area contributed by atoms with Crippen LogP contribution in [0.2, 0.25) is 0 Å². The number of likely N-dealkylation sites (N-methyl/N-ethyl adjacent to an activating group) is 1. The first-order chi connectivity index (χ1) is 6.69. The fraction of sp³-hybridized carbons (Fsp3) is 0.900. The molecule has 0 aliphatic carbocycles. The molecule has 3 aliphatic heterocycles. The third kappa shape index (κ3) is 1.91. The summed E-state index contributed by atoms with van der Waals surface area (Å²) in [7, 11) is 1.97. The average molecular weight is 198 g/mol. The Bertz CT molecular complexity index is 216. The van der Waals surface area contributed by atoms with E-state index in [9.17, 15) is 4.79 Å². The lowest BCUT2D eigenvalue weighted by Crippen LogP contribution is -2.59. The van der Waals surface area contributed by atoms with Crippen LogP contribution in [0.1, 0.15) is 13.3 Å². The fourth-order valence-corrected chi connectivity index (χ4v) is 2.00. The maximum atomic E-state index is 11.8. The van der Waals surface area contributed by atoms with E-state index in [2.05, 4.69) is 6.92 Å².